The van der Waals surface area contributed by atoms with Crippen LogP contribution in [-0.4, -0.2) is 0 Å². The second-order valence-electron chi connectivity index (χ2n) is 15.5. The molecule has 58 heavy (non-hydrogen) atoms. The Bertz CT molecular complexity index is 3350. The summed E-state index contributed by atoms with van der Waals surface area (Å²) in [5.41, 5.74) is 17.8. The van der Waals surface area contributed by atoms with Crippen molar-refractivity contribution in [1.82, 2.24) is 0 Å². The van der Waals surface area contributed by atoms with Gasteiger partial charge in [0, 0.05) is 0 Å². The maximum atomic E-state index is 2.46. The lowest BCUT2D eigenvalue weighted by molar-refractivity contribution is 1.60. The second kappa shape index (κ2) is 13.0. The molecule has 11 aromatic carbocycles. The van der Waals surface area contributed by atoms with E-state index in [1.807, 2.05) is 0 Å². The first-order valence-corrected chi connectivity index (χ1v) is 20.2. The summed E-state index contributed by atoms with van der Waals surface area (Å²) in [4.78, 5) is 0. The van der Waals surface area contributed by atoms with Gasteiger partial charge in [0.05, 0.1) is 0 Å². The van der Waals surface area contributed by atoms with E-state index in [0.29, 0.717) is 0 Å². The van der Waals surface area contributed by atoms with Crippen LogP contribution in [0.1, 0.15) is 0 Å². The Morgan fingerprint density at radius 3 is 1.10 bits per heavy atom. The van der Waals surface area contributed by atoms with Crippen LogP contribution in [0.3, 0.4) is 0 Å². The summed E-state index contributed by atoms with van der Waals surface area (Å²) >= 11 is 0. The first-order valence-electron chi connectivity index (χ1n) is 20.2. The maximum Gasteiger partial charge on any atom is -0.000741 e. The lowest BCUT2D eigenvalue weighted by Crippen LogP contribution is -1.94. The molecule has 0 unspecified atom stereocenters. The van der Waals surface area contributed by atoms with Crippen LogP contribution >= 0.6 is 0 Å². The lowest BCUT2D eigenvalue weighted by atomic mass is 9.81. The topological polar surface area (TPSA) is 0 Å². The molecular formula is C58H36. The van der Waals surface area contributed by atoms with E-state index in [0.717, 1.165) is 0 Å². The Balaban J connectivity index is 1.14. The fraction of sp³-hybridized carbons (Fsp3) is 0. The number of rotatable bonds is 5. The van der Waals surface area contributed by atoms with Crippen molar-refractivity contribution in [2.75, 3.05) is 0 Å². The third-order valence-corrected chi connectivity index (χ3v) is 12.4. The molecule has 0 amide bonds. The summed E-state index contributed by atoms with van der Waals surface area (Å²) in [6.45, 7) is 0. The third kappa shape index (κ3) is 4.89. The summed E-state index contributed by atoms with van der Waals surface area (Å²) < 4.78 is 0. The summed E-state index contributed by atoms with van der Waals surface area (Å²) in [6, 6.07) is 80.7. The van der Waals surface area contributed by atoms with Gasteiger partial charge in [-0.05, 0) is 133 Å². The molecule has 0 spiro atoms. The van der Waals surface area contributed by atoms with Crippen molar-refractivity contribution in [2.24, 2.45) is 0 Å². The van der Waals surface area contributed by atoms with Crippen LogP contribution in [0.2, 0.25) is 0 Å². The van der Waals surface area contributed by atoms with Crippen molar-refractivity contribution < 1.29 is 0 Å². The van der Waals surface area contributed by atoms with Gasteiger partial charge in [0.1, 0.15) is 0 Å². The fourth-order valence-electron chi connectivity index (χ4n) is 9.98. The summed E-state index contributed by atoms with van der Waals surface area (Å²) in [7, 11) is 0. The molecule has 0 radical (unpaired) electrons. The normalized spacial score (nSPS) is 11.8. The average molecular weight is 733 g/mol. The molecule has 0 atom stereocenters. The zero-order valence-corrected chi connectivity index (χ0v) is 31.8. The van der Waals surface area contributed by atoms with Crippen molar-refractivity contribution in [1.29, 1.82) is 0 Å². The van der Waals surface area contributed by atoms with E-state index >= 15 is 0 Å². The van der Waals surface area contributed by atoms with E-state index in [1.54, 1.807) is 0 Å². The van der Waals surface area contributed by atoms with Crippen LogP contribution in [0, 0.1) is 0 Å². The largest absolute Gasteiger partial charge is 0.0622 e. The zero-order chi connectivity index (χ0) is 38.2. The average Bonchev–Trinajstić information content (AvgIpc) is 3.62. The minimum atomic E-state index is 1.20. The molecule has 0 aliphatic heterocycles. The van der Waals surface area contributed by atoms with Crippen LogP contribution in [0.25, 0.3) is 121 Å². The molecule has 0 fully saturated rings. The minimum absolute atomic E-state index is 1.20. The Morgan fingerprint density at radius 1 is 0.190 bits per heavy atom. The number of fused-ring (bicyclic) bond motifs is 6. The number of hydrogen-bond acceptors (Lipinski definition) is 0. The van der Waals surface area contributed by atoms with Gasteiger partial charge in [-0.25, -0.2) is 0 Å². The van der Waals surface area contributed by atoms with Gasteiger partial charge in [-0.3, -0.25) is 0 Å². The highest BCUT2D eigenvalue weighted by Gasteiger charge is 2.30. The molecule has 0 bridgehead atoms. The first kappa shape index (κ1) is 32.7. The SMILES string of the molecule is c1ccc(-c2c3c(c(-c4ccccc4)c4cc(-c5cccc(-c6c7ccccc7c(-c7ccccc7)c7ccccc67)c5)ccc24)-c2cccc4cccc-3c24)cc1. The molecule has 1 aliphatic rings. The van der Waals surface area contributed by atoms with Gasteiger partial charge in [0.15, 0.2) is 0 Å². The maximum absolute atomic E-state index is 2.46. The second-order valence-corrected chi connectivity index (χ2v) is 15.5. The van der Waals surface area contributed by atoms with Crippen LogP contribution in [-0.2, 0) is 0 Å². The summed E-state index contributed by atoms with van der Waals surface area (Å²) in [5, 5.41) is 10.2. The standard InChI is InChI=1S/C58H36/c1-4-17-37(18-5-1)52-44-27-10-12-29-46(44)54(47-30-13-11-28-45(47)52)43-26-14-25-41(35-43)42-33-34-48-51(36-42)56(40-21-8-3-9-22-40)58-50-32-16-24-38-23-15-31-49(53(38)50)57(58)55(48)39-19-6-2-7-20-39/h1-36H. The highest BCUT2D eigenvalue weighted by atomic mass is 14.3. The van der Waals surface area contributed by atoms with E-state index in [-0.39, 0.29) is 0 Å². The van der Waals surface area contributed by atoms with Crippen molar-refractivity contribution in [3.63, 3.8) is 0 Å². The van der Waals surface area contributed by atoms with Gasteiger partial charge in [-0.15, -0.1) is 0 Å². The summed E-state index contributed by atoms with van der Waals surface area (Å²) in [6.07, 6.45) is 0. The van der Waals surface area contributed by atoms with Crippen molar-refractivity contribution in [3.05, 3.63) is 218 Å². The lowest BCUT2D eigenvalue weighted by Gasteiger charge is -2.21. The molecule has 0 saturated heterocycles. The van der Waals surface area contributed by atoms with Crippen molar-refractivity contribution >= 4 is 43.1 Å². The van der Waals surface area contributed by atoms with E-state index in [9.17, 15) is 0 Å². The van der Waals surface area contributed by atoms with E-state index in [2.05, 4.69) is 218 Å². The van der Waals surface area contributed by atoms with Gasteiger partial charge in [-0.2, -0.15) is 0 Å². The molecule has 0 nitrogen and oxygen atoms in total. The number of hydrogen-bond donors (Lipinski definition) is 0. The molecule has 0 saturated carbocycles. The van der Waals surface area contributed by atoms with Crippen LogP contribution in [0.4, 0.5) is 0 Å². The quantitative estimate of drug-likeness (QED) is 0.155. The molecule has 11 aromatic rings. The Hall–Kier alpha value is -7.54. The molecule has 0 heterocycles. The highest BCUT2D eigenvalue weighted by Crippen LogP contribution is 2.58. The molecule has 1 aliphatic carbocycles. The van der Waals surface area contributed by atoms with Crippen molar-refractivity contribution in [3.8, 4) is 77.9 Å². The third-order valence-electron chi connectivity index (χ3n) is 12.4. The van der Waals surface area contributed by atoms with Gasteiger partial charge in [-0.1, -0.05) is 206 Å². The smallest absolute Gasteiger partial charge is 0.000741 e. The van der Waals surface area contributed by atoms with Gasteiger partial charge in [0.25, 0.3) is 0 Å². The van der Waals surface area contributed by atoms with Crippen molar-refractivity contribution in [2.45, 2.75) is 0 Å². The minimum Gasteiger partial charge on any atom is -0.0622 e. The van der Waals surface area contributed by atoms with Crippen LogP contribution < -0.4 is 0 Å². The first-order chi connectivity index (χ1) is 28.8. The predicted molar refractivity (Wildman–Crippen MR) is 248 cm³/mol. The molecule has 12 rings (SSSR count). The van der Waals surface area contributed by atoms with Crippen LogP contribution in [0.5, 0.6) is 0 Å². The monoisotopic (exact) mass is 732 g/mol. The van der Waals surface area contributed by atoms with E-state index < -0.39 is 0 Å². The Labute approximate surface area is 337 Å². The van der Waals surface area contributed by atoms with Crippen LogP contribution in [0.15, 0.2) is 218 Å². The molecule has 0 aromatic heterocycles. The van der Waals surface area contributed by atoms with Gasteiger partial charge < -0.3 is 0 Å². The van der Waals surface area contributed by atoms with E-state index in [4.69, 9.17) is 0 Å². The van der Waals surface area contributed by atoms with Gasteiger partial charge >= 0.3 is 0 Å². The number of benzene rings is 11. The highest BCUT2D eigenvalue weighted by molar-refractivity contribution is 6.28. The predicted octanol–water partition coefficient (Wildman–Crippen LogP) is 16.3. The molecule has 0 N–H and O–H groups in total. The molecular weight excluding hydrogens is 697 g/mol. The van der Waals surface area contributed by atoms with Gasteiger partial charge in [0.2, 0.25) is 0 Å². The van der Waals surface area contributed by atoms with E-state index in [1.165, 1.54) is 121 Å². The Kier molecular flexibility index (Phi) is 7.33. The molecule has 0 heteroatoms. The fourth-order valence-corrected chi connectivity index (χ4v) is 9.98. The molecule has 268 valence electrons. The zero-order valence-electron chi connectivity index (χ0n) is 31.8. The Morgan fingerprint density at radius 2 is 0.569 bits per heavy atom. The summed E-state index contributed by atoms with van der Waals surface area (Å²) in [5.74, 6) is 0.